The van der Waals surface area contributed by atoms with Crippen LogP contribution in [-0.4, -0.2) is 58.9 Å². The average molecular weight is 293 g/mol. The Hall–Kier alpha value is -1.10. The molecule has 0 radical (unpaired) electrons. The van der Waals surface area contributed by atoms with Crippen molar-refractivity contribution < 1.29 is 9.59 Å². The summed E-state index contributed by atoms with van der Waals surface area (Å²) in [5.41, 5.74) is -0.669. The van der Waals surface area contributed by atoms with Gasteiger partial charge < -0.3 is 10.2 Å². The van der Waals surface area contributed by atoms with Crippen LogP contribution in [0.5, 0.6) is 0 Å². The standard InChI is InChI=1S/C16H27N3O2/c1-3-16(4-2)15(21)19(11-14(20)17-16)13-8-10-18-9-6-5-7-12(13)18/h12-13H,3-11H2,1-2H3,(H,17,20). The quantitative estimate of drug-likeness (QED) is 0.849. The first-order valence-electron chi connectivity index (χ1n) is 8.47. The minimum atomic E-state index is -0.669. The van der Waals surface area contributed by atoms with Gasteiger partial charge >= 0.3 is 0 Å². The highest BCUT2D eigenvalue weighted by atomic mass is 16.2. The molecule has 2 amide bonds. The molecule has 3 fully saturated rings. The monoisotopic (exact) mass is 293 g/mol. The fourth-order valence-electron chi connectivity index (χ4n) is 4.44. The molecule has 5 nitrogen and oxygen atoms in total. The van der Waals surface area contributed by atoms with Gasteiger partial charge in [-0.05, 0) is 38.6 Å². The molecule has 3 aliphatic heterocycles. The summed E-state index contributed by atoms with van der Waals surface area (Å²) in [5, 5.41) is 2.96. The van der Waals surface area contributed by atoms with Crippen LogP contribution in [0, 0.1) is 0 Å². The van der Waals surface area contributed by atoms with Crippen LogP contribution in [-0.2, 0) is 9.59 Å². The van der Waals surface area contributed by atoms with E-state index in [0.717, 1.165) is 19.5 Å². The summed E-state index contributed by atoms with van der Waals surface area (Å²) in [7, 11) is 0. The Bertz CT molecular complexity index is 433. The molecule has 5 heteroatoms. The number of nitrogens with one attached hydrogen (secondary N) is 1. The van der Waals surface area contributed by atoms with Crippen LogP contribution in [0.1, 0.15) is 52.4 Å². The molecule has 0 aromatic heterocycles. The second-order valence-corrected chi connectivity index (χ2v) is 6.73. The van der Waals surface area contributed by atoms with Crippen molar-refractivity contribution in [2.24, 2.45) is 0 Å². The van der Waals surface area contributed by atoms with E-state index in [9.17, 15) is 9.59 Å². The van der Waals surface area contributed by atoms with Crippen molar-refractivity contribution in [2.45, 2.75) is 70.0 Å². The molecule has 1 N–H and O–H groups in total. The van der Waals surface area contributed by atoms with Gasteiger partial charge in [-0.25, -0.2) is 0 Å². The molecule has 3 rings (SSSR count). The number of hydrogen-bond acceptors (Lipinski definition) is 3. The molecule has 2 atom stereocenters. The summed E-state index contributed by atoms with van der Waals surface area (Å²) >= 11 is 0. The Balaban J connectivity index is 1.83. The maximum absolute atomic E-state index is 13.0. The maximum atomic E-state index is 13.0. The van der Waals surface area contributed by atoms with Gasteiger partial charge in [0, 0.05) is 18.6 Å². The molecule has 0 bridgehead atoms. The Labute approximate surface area is 127 Å². The van der Waals surface area contributed by atoms with Crippen molar-refractivity contribution in [3.8, 4) is 0 Å². The lowest BCUT2D eigenvalue weighted by Gasteiger charge is -2.46. The predicted molar refractivity (Wildman–Crippen MR) is 80.8 cm³/mol. The van der Waals surface area contributed by atoms with Crippen molar-refractivity contribution in [1.82, 2.24) is 15.1 Å². The Morgan fingerprint density at radius 3 is 2.57 bits per heavy atom. The maximum Gasteiger partial charge on any atom is 0.249 e. The van der Waals surface area contributed by atoms with Gasteiger partial charge in [0.15, 0.2) is 0 Å². The third kappa shape index (κ3) is 2.35. The number of amides is 2. The molecule has 0 aromatic carbocycles. The summed E-state index contributed by atoms with van der Waals surface area (Å²) in [4.78, 5) is 29.6. The lowest BCUT2D eigenvalue weighted by atomic mass is 9.87. The molecular weight excluding hydrogens is 266 g/mol. The molecule has 3 heterocycles. The smallest absolute Gasteiger partial charge is 0.249 e. The van der Waals surface area contributed by atoms with E-state index in [1.807, 2.05) is 18.7 Å². The van der Waals surface area contributed by atoms with Gasteiger partial charge in [0.05, 0.1) is 6.54 Å². The molecule has 2 unspecified atom stereocenters. The zero-order valence-electron chi connectivity index (χ0n) is 13.2. The Morgan fingerprint density at radius 1 is 1.10 bits per heavy atom. The van der Waals surface area contributed by atoms with E-state index in [2.05, 4.69) is 10.2 Å². The van der Waals surface area contributed by atoms with E-state index in [4.69, 9.17) is 0 Å². The van der Waals surface area contributed by atoms with Crippen LogP contribution in [0.3, 0.4) is 0 Å². The second-order valence-electron chi connectivity index (χ2n) is 6.73. The highest BCUT2D eigenvalue weighted by molar-refractivity contribution is 5.98. The van der Waals surface area contributed by atoms with Gasteiger partial charge in [-0.1, -0.05) is 20.3 Å². The van der Waals surface area contributed by atoms with Gasteiger partial charge in [-0.2, -0.15) is 0 Å². The fourth-order valence-corrected chi connectivity index (χ4v) is 4.44. The molecule has 3 saturated heterocycles. The van der Waals surface area contributed by atoms with E-state index in [-0.39, 0.29) is 24.4 Å². The topological polar surface area (TPSA) is 52.7 Å². The van der Waals surface area contributed by atoms with Crippen molar-refractivity contribution >= 4 is 11.8 Å². The highest BCUT2D eigenvalue weighted by Gasteiger charge is 2.49. The molecule has 0 saturated carbocycles. The van der Waals surface area contributed by atoms with E-state index in [0.29, 0.717) is 18.9 Å². The summed E-state index contributed by atoms with van der Waals surface area (Å²) in [6.07, 6.45) is 6.05. The summed E-state index contributed by atoms with van der Waals surface area (Å²) in [6.45, 7) is 6.46. The Kier molecular flexibility index (Phi) is 3.95. The number of piperidine rings is 1. The first-order valence-corrected chi connectivity index (χ1v) is 8.47. The lowest BCUT2D eigenvalue weighted by molar-refractivity contribution is -0.153. The van der Waals surface area contributed by atoms with E-state index in [1.165, 1.54) is 19.3 Å². The minimum Gasteiger partial charge on any atom is -0.340 e. The van der Waals surface area contributed by atoms with Gasteiger partial charge in [-0.3, -0.25) is 14.5 Å². The minimum absolute atomic E-state index is 0.00700. The Morgan fingerprint density at radius 2 is 1.86 bits per heavy atom. The van der Waals surface area contributed by atoms with Crippen molar-refractivity contribution in [3.63, 3.8) is 0 Å². The first-order chi connectivity index (χ1) is 10.1. The zero-order valence-corrected chi connectivity index (χ0v) is 13.2. The van der Waals surface area contributed by atoms with Crippen LogP contribution in [0.2, 0.25) is 0 Å². The number of carbonyl (C=O) groups is 2. The van der Waals surface area contributed by atoms with Crippen LogP contribution < -0.4 is 5.32 Å². The van der Waals surface area contributed by atoms with E-state index >= 15 is 0 Å². The SMILES string of the molecule is CCC1(CC)NC(=O)CN(C2CCN3CCCCC23)C1=O. The fraction of sp³-hybridized carbons (Fsp3) is 0.875. The largest absolute Gasteiger partial charge is 0.340 e. The van der Waals surface area contributed by atoms with Gasteiger partial charge in [-0.15, -0.1) is 0 Å². The second kappa shape index (κ2) is 5.59. The number of nitrogens with zero attached hydrogens (tertiary/aromatic N) is 2. The molecular formula is C16H27N3O2. The molecule has 118 valence electrons. The molecule has 0 aliphatic carbocycles. The van der Waals surface area contributed by atoms with Crippen molar-refractivity contribution in [3.05, 3.63) is 0 Å². The van der Waals surface area contributed by atoms with E-state index < -0.39 is 5.54 Å². The third-order valence-corrected chi connectivity index (χ3v) is 5.79. The molecule has 21 heavy (non-hydrogen) atoms. The van der Waals surface area contributed by atoms with Crippen LogP contribution in [0.25, 0.3) is 0 Å². The van der Waals surface area contributed by atoms with E-state index in [1.54, 1.807) is 0 Å². The van der Waals surface area contributed by atoms with Gasteiger partial charge in [0.1, 0.15) is 5.54 Å². The summed E-state index contributed by atoms with van der Waals surface area (Å²) in [6, 6.07) is 0.710. The number of carbonyl (C=O) groups excluding carboxylic acids is 2. The number of fused-ring (bicyclic) bond motifs is 1. The first kappa shape index (κ1) is 14.8. The zero-order chi connectivity index (χ0) is 15.0. The normalized spacial score (nSPS) is 33.0. The predicted octanol–water partition coefficient (Wildman–Crippen LogP) is 1.13. The van der Waals surface area contributed by atoms with Gasteiger partial charge in [0.25, 0.3) is 0 Å². The summed E-state index contributed by atoms with van der Waals surface area (Å²) < 4.78 is 0. The summed E-state index contributed by atoms with van der Waals surface area (Å²) in [5.74, 6) is 0.150. The van der Waals surface area contributed by atoms with Crippen LogP contribution >= 0.6 is 0 Å². The van der Waals surface area contributed by atoms with Crippen LogP contribution in [0.15, 0.2) is 0 Å². The highest BCUT2D eigenvalue weighted by Crippen LogP contribution is 2.33. The number of rotatable bonds is 3. The van der Waals surface area contributed by atoms with Crippen molar-refractivity contribution in [1.29, 1.82) is 0 Å². The molecule has 0 aromatic rings. The molecule has 3 aliphatic rings. The van der Waals surface area contributed by atoms with Gasteiger partial charge in [0.2, 0.25) is 11.8 Å². The van der Waals surface area contributed by atoms with Crippen molar-refractivity contribution in [2.75, 3.05) is 19.6 Å². The number of piperazine rings is 1. The molecule has 0 spiro atoms. The number of hydrogen-bond donors (Lipinski definition) is 1. The van der Waals surface area contributed by atoms with Crippen LogP contribution in [0.4, 0.5) is 0 Å². The average Bonchev–Trinajstić information content (AvgIpc) is 2.93. The lowest BCUT2D eigenvalue weighted by Crippen LogP contribution is -2.69. The third-order valence-electron chi connectivity index (χ3n) is 5.79.